The predicted molar refractivity (Wildman–Crippen MR) is 40.1 cm³/mol. The van der Waals surface area contributed by atoms with E-state index in [4.69, 9.17) is 15.3 Å². The van der Waals surface area contributed by atoms with Crippen LogP contribution in [0.4, 0.5) is 0 Å². The fraction of sp³-hybridized carbons (Fsp3) is 0.833. The third-order valence-electron chi connectivity index (χ3n) is 0. The van der Waals surface area contributed by atoms with Gasteiger partial charge in [0.25, 0.3) is 0 Å². The third kappa shape index (κ3) is 1400. The van der Waals surface area contributed by atoms with Crippen LogP contribution in [0.3, 0.4) is 0 Å². The number of aliphatic hydroxyl groups is 3. The van der Waals surface area contributed by atoms with Crippen molar-refractivity contribution in [2.24, 2.45) is 0 Å². The minimum atomic E-state index is 0. The second kappa shape index (κ2) is 279. The van der Waals surface area contributed by atoms with Gasteiger partial charge in [0.05, 0.1) is 0 Å². The average molecular weight is 187 g/mol. The van der Waals surface area contributed by atoms with Gasteiger partial charge < -0.3 is 22.2 Å². The van der Waals surface area contributed by atoms with E-state index in [1.54, 1.807) is 0 Å². The summed E-state index contributed by atoms with van der Waals surface area (Å²) >= 11 is 0. The van der Waals surface area contributed by atoms with E-state index in [1.165, 1.54) is 0 Å². The zero-order chi connectivity index (χ0) is 8.71. The molecule has 0 fully saturated rings. The van der Waals surface area contributed by atoms with Gasteiger partial charge in [-0.05, 0) is 0 Å². The molecule has 3 N–H and O–H groups in total. The van der Waals surface area contributed by atoms with Crippen molar-refractivity contribution >= 4 is 0 Å². The normalized spacial score (nSPS) is 3.60. The summed E-state index contributed by atoms with van der Waals surface area (Å²) in [6, 6.07) is 0. The first-order valence-electron chi connectivity index (χ1n) is 2.55. The van der Waals surface area contributed by atoms with E-state index in [2.05, 4.69) is 6.92 Å². The van der Waals surface area contributed by atoms with Crippen molar-refractivity contribution in [2.75, 3.05) is 21.3 Å². The van der Waals surface area contributed by atoms with E-state index < -0.39 is 0 Å². The van der Waals surface area contributed by atoms with Gasteiger partial charge in [0.2, 0.25) is 0 Å². The molecule has 0 aliphatic heterocycles. The van der Waals surface area contributed by atoms with E-state index in [-0.39, 0.29) is 21.7 Å². The van der Waals surface area contributed by atoms with Crippen LogP contribution in [0.2, 0.25) is 0 Å². The Hall–Kier alpha value is 0.594. The Kier molecular flexibility index (Phi) is 869. The van der Waals surface area contributed by atoms with Crippen LogP contribution >= 0.6 is 0 Å². The van der Waals surface area contributed by atoms with Crippen LogP contribution in [-0.4, -0.2) is 36.6 Å². The molecule has 0 aliphatic rings. The Balaban J connectivity index is -0.0000000110. The maximum Gasteiger partial charge on any atom is 0.0319 e. The first-order chi connectivity index (χ1) is 4.41. The van der Waals surface area contributed by atoms with E-state index >= 15 is 0 Å². The first-order valence-corrected chi connectivity index (χ1v) is 2.55. The van der Waals surface area contributed by atoms with Gasteiger partial charge in [-0.15, -0.1) is 0 Å². The average Bonchev–Trinajstić information content (AvgIpc) is 2.01. The molecule has 0 spiro atoms. The van der Waals surface area contributed by atoms with E-state index in [0.29, 0.717) is 0 Å². The molecule has 4 heteroatoms. The van der Waals surface area contributed by atoms with Crippen molar-refractivity contribution in [2.45, 2.75) is 13.3 Å². The quantitative estimate of drug-likeness (QED) is 0.371. The van der Waals surface area contributed by atoms with Gasteiger partial charge in [0.15, 0.2) is 0 Å². The molecule has 0 aliphatic carbocycles. The number of rotatable bonds is 0. The fourth-order valence-corrected chi connectivity index (χ4v) is 0. The van der Waals surface area contributed by atoms with Gasteiger partial charge in [-0.3, -0.25) is 0 Å². The third-order valence-corrected chi connectivity index (χ3v) is 0. The molecule has 0 saturated heterocycles. The molecule has 0 aromatic carbocycles. The van der Waals surface area contributed by atoms with E-state index in [0.717, 1.165) is 27.8 Å². The topological polar surface area (TPSA) is 60.7 Å². The molecule has 0 heterocycles. The molecule has 0 atom stereocenters. The molecule has 66 valence electrons. The molecular formula is C6H19O3Ti-. The summed E-state index contributed by atoms with van der Waals surface area (Å²) in [5.74, 6) is 0. The number of hydrogen-bond donors (Lipinski definition) is 3. The van der Waals surface area contributed by atoms with Gasteiger partial charge in [0.1, 0.15) is 0 Å². The Morgan fingerprint density at radius 3 is 0.900 bits per heavy atom. The van der Waals surface area contributed by atoms with Gasteiger partial charge >= 0.3 is 0 Å². The molecule has 0 saturated carbocycles. The Labute approximate surface area is 79.0 Å². The van der Waals surface area contributed by atoms with Gasteiger partial charge in [-0.2, -0.15) is 6.42 Å². The molecule has 0 radical (unpaired) electrons. The second-order valence-corrected chi connectivity index (χ2v) is 0.500. The zero-order valence-corrected chi connectivity index (χ0v) is 8.82. The number of aliphatic hydroxyl groups excluding tert-OH is 3. The van der Waals surface area contributed by atoms with Gasteiger partial charge in [0, 0.05) is 43.0 Å². The van der Waals surface area contributed by atoms with Crippen molar-refractivity contribution in [3.05, 3.63) is 6.92 Å². The van der Waals surface area contributed by atoms with Crippen LogP contribution in [-0.2, 0) is 21.7 Å². The number of hydrogen-bond acceptors (Lipinski definition) is 3. The van der Waals surface area contributed by atoms with Crippen LogP contribution in [0.1, 0.15) is 13.3 Å². The van der Waals surface area contributed by atoms with E-state index in [9.17, 15) is 0 Å². The van der Waals surface area contributed by atoms with Gasteiger partial charge in [-0.25, -0.2) is 0 Å². The fourth-order valence-electron chi connectivity index (χ4n) is 0. The van der Waals surface area contributed by atoms with Crippen LogP contribution < -0.4 is 0 Å². The maximum atomic E-state index is 7.00. The zero-order valence-electron chi connectivity index (χ0n) is 7.26. The summed E-state index contributed by atoms with van der Waals surface area (Å²) in [5.41, 5.74) is 0. The molecule has 0 bridgehead atoms. The minimum absolute atomic E-state index is 0. The summed E-state index contributed by atoms with van der Waals surface area (Å²) < 4.78 is 0. The van der Waals surface area contributed by atoms with Crippen LogP contribution in [0.25, 0.3) is 0 Å². The Morgan fingerprint density at radius 1 is 0.900 bits per heavy atom. The van der Waals surface area contributed by atoms with Crippen LogP contribution in [0.5, 0.6) is 0 Å². The summed E-state index contributed by atoms with van der Waals surface area (Å²) in [4.78, 5) is 0. The molecule has 0 aromatic rings. The Bertz CT molecular complexity index is 13.0. The molecule has 0 amide bonds. The molecular weight excluding hydrogens is 168 g/mol. The SMILES string of the molecule is CO.CO.CO.[CH2-]CC.[Ti]. The van der Waals surface area contributed by atoms with Crippen molar-refractivity contribution < 1.29 is 37.0 Å². The van der Waals surface area contributed by atoms with Crippen molar-refractivity contribution in [1.29, 1.82) is 0 Å². The largest absolute Gasteiger partial charge is 0.400 e. The molecule has 0 aromatic heterocycles. The van der Waals surface area contributed by atoms with E-state index in [1.807, 2.05) is 6.92 Å². The van der Waals surface area contributed by atoms with Crippen LogP contribution in [0.15, 0.2) is 0 Å². The second-order valence-electron chi connectivity index (χ2n) is 0.500. The summed E-state index contributed by atoms with van der Waals surface area (Å²) in [6.07, 6.45) is 1.00. The minimum Gasteiger partial charge on any atom is -0.400 e. The molecule has 10 heavy (non-hydrogen) atoms. The first kappa shape index (κ1) is 31.2. The predicted octanol–water partition coefficient (Wildman–Crippen LogP) is 0.0535. The summed E-state index contributed by atoms with van der Waals surface area (Å²) in [7, 11) is 3.00. The standard InChI is InChI=1S/C3H7.3CH4O.Ti/c1-3-2;3*1-2;/h1,3H2,2H3;3*2H,1H3;/q-1;;;;. The maximum absolute atomic E-state index is 7.00. The smallest absolute Gasteiger partial charge is 0.0319 e. The summed E-state index contributed by atoms with van der Waals surface area (Å²) in [6.45, 7) is 5.50. The van der Waals surface area contributed by atoms with Crippen LogP contribution in [0, 0.1) is 6.92 Å². The summed E-state index contributed by atoms with van der Waals surface area (Å²) in [5, 5.41) is 21.0. The van der Waals surface area contributed by atoms with Gasteiger partial charge in [-0.1, -0.05) is 6.92 Å². The van der Waals surface area contributed by atoms with Crippen molar-refractivity contribution in [3.8, 4) is 0 Å². The molecule has 3 nitrogen and oxygen atoms in total. The monoisotopic (exact) mass is 187 g/mol. The molecule has 0 rings (SSSR count). The van der Waals surface area contributed by atoms with Crippen molar-refractivity contribution in [3.63, 3.8) is 0 Å². The molecule has 0 unspecified atom stereocenters. The van der Waals surface area contributed by atoms with Crippen molar-refractivity contribution in [1.82, 2.24) is 0 Å². The Morgan fingerprint density at radius 2 is 0.900 bits per heavy atom.